The van der Waals surface area contributed by atoms with Gasteiger partial charge in [0.15, 0.2) is 0 Å². The number of carbonyl (C=O) groups excluding carboxylic acids is 1. The maximum absolute atomic E-state index is 12.1. The minimum Gasteiger partial charge on any atom is -0.467 e. The number of hydrogen-bond donors (Lipinski definition) is 1. The van der Waals surface area contributed by atoms with Crippen molar-refractivity contribution in [2.45, 2.75) is 13.5 Å². The minimum absolute atomic E-state index is 0.0359. The molecule has 0 unspecified atom stereocenters. The number of anilines is 1. The molecule has 2 heterocycles. The zero-order valence-corrected chi connectivity index (χ0v) is 10.6. The van der Waals surface area contributed by atoms with Gasteiger partial charge in [-0.15, -0.1) is 11.3 Å². The van der Waals surface area contributed by atoms with E-state index in [1.807, 2.05) is 13.0 Å². The zero-order chi connectivity index (χ0) is 12.4. The van der Waals surface area contributed by atoms with Gasteiger partial charge in [0, 0.05) is 17.6 Å². The van der Waals surface area contributed by atoms with Crippen molar-refractivity contribution in [3.05, 3.63) is 40.0 Å². The van der Waals surface area contributed by atoms with Crippen molar-refractivity contribution in [1.82, 2.24) is 4.90 Å². The first kappa shape index (κ1) is 11.7. The van der Waals surface area contributed by atoms with Gasteiger partial charge >= 0.3 is 0 Å². The molecule has 0 spiro atoms. The Labute approximate surface area is 104 Å². The molecule has 0 aliphatic rings. The molecular formula is C12H14N2O2S. The Morgan fingerprint density at radius 2 is 2.35 bits per heavy atom. The Morgan fingerprint density at radius 1 is 1.59 bits per heavy atom. The molecular weight excluding hydrogens is 236 g/mol. The van der Waals surface area contributed by atoms with E-state index in [4.69, 9.17) is 10.2 Å². The molecule has 2 rings (SSSR count). The monoisotopic (exact) mass is 250 g/mol. The van der Waals surface area contributed by atoms with Crippen molar-refractivity contribution in [1.29, 1.82) is 0 Å². The molecule has 2 aromatic rings. The first-order valence-corrected chi connectivity index (χ1v) is 6.03. The van der Waals surface area contributed by atoms with Crippen LogP contribution in [0, 0.1) is 6.92 Å². The lowest BCUT2D eigenvalue weighted by atomic mass is 10.3. The third-order valence-electron chi connectivity index (χ3n) is 2.49. The minimum atomic E-state index is -0.0359. The van der Waals surface area contributed by atoms with Crippen molar-refractivity contribution >= 4 is 22.9 Å². The van der Waals surface area contributed by atoms with Crippen molar-refractivity contribution in [2.75, 3.05) is 12.8 Å². The van der Waals surface area contributed by atoms with Gasteiger partial charge in [0.25, 0.3) is 5.91 Å². The molecule has 0 aliphatic heterocycles. The first-order chi connectivity index (χ1) is 8.08. The molecule has 0 aromatic carbocycles. The molecule has 0 saturated carbocycles. The number of furan rings is 1. The van der Waals surface area contributed by atoms with Crippen molar-refractivity contribution in [3.63, 3.8) is 0 Å². The van der Waals surface area contributed by atoms with Crippen molar-refractivity contribution in [3.8, 4) is 0 Å². The lowest BCUT2D eigenvalue weighted by Crippen LogP contribution is -2.25. The lowest BCUT2D eigenvalue weighted by Gasteiger charge is -2.14. The summed E-state index contributed by atoms with van der Waals surface area (Å²) in [6.07, 6.45) is 1.60. The molecule has 2 N–H and O–H groups in total. The molecule has 0 bridgehead atoms. The molecule has 5 heteroatoms. The summed E-state index contributed by atoms with van der Waals surface area (Å²) in [5.74, 6) is 0.730. The number of amides is 1. The second-order valence-corrected chi connectivity index (χ2v) is 5.12. The largest absolute Gasteiger partial charge is 0.467 e. The van der Waals surface area contributed by atoms with Crippen LogP contribution in [-0.4, -0.2) is 17.9 Å². The molecule has 0 saturated heterocycles. The highest BCUT2D eigenvalue weighted by Gasteiger charge is 2.16. The molecule has 2 aromatic heterocycles. The number of hydrogen-bond acceptors (Lipinski definition) is 4. The van der Waals surface area contributed by atoms with E-state index >= 15 is 0 Å². The summed E-state index contributed by atoms with van der Waals surface area (Å²) >= 11 is 1.42. The summed E-state index contributed by atoms with van der Waals surface area (Å²) in [4.78, 5) is 15.3. The Balaban J connectivity index is 2.09. The molecule has 4 nitrogen and oxygen atoms in total. The number of rotatable bonds is 3. The number of nitrogens with zero attached hydrogens (tertiary/aromatic N) is 1. The highest BCUT2D eigenvalue weighted by molar-refractivity contribution is 7.14. The number of nitrogens with two attached hydrogens (primary N) is 1. The van der Waals surface area contributed by atoms with Crippen LogP contribution < -0.4 is 5.73 Å². The Kier molecular flexibility index (Phi) is 3.19. The molecule has 0 radical (unpaired) electrons. The van der Waals surface area contributed by atoms with E-state index in [2.05, 4.69) is 0 Å². The standard InChI is InChI=1S/C12H14N2O2S/c1-8-10(13)6-11(17-8)12(15)14(2)7-9-4-3-5-16-9/h3-6H,7,13H2,1-2H3. The number of thiophene rings is 1. The van der Waals surface area contributed by atoms with E-state index in [1.54, 1.807) is 30.3 Å². The van der Waals surface area contributed by atoms with Crippen LogP contribution in [0.15, 0.2) is 28.9 Å². The van der Waals surface area contributed by atoms with Crippen LogP contribution in [0.4, 0.5) is 5.69 Å². The Hall–Kier alpha value is -1.75. The molecule has 0 fully saturated rings. The highest BCUT2D eigenvalue weighted by atomic mass is 32.1. The van der Waals surface area contributed by atoms with Crippen LogP contribution >= 0.6 is 11.3 Å². The van der Waals surface area contributed by atoms with Gasteiger partial charge in [-0.25, -0.2) is 0 Å². The average molecular weight is 250 g/mol. The van der Waals surface area contributed by atoms with Crippen LogP contribution in [0.1, 0.15) is 20.3 Å². The fourth-order valence-electron chi connectivity index (χ4n) is 1.50. The molecule has 90 valence electrons. The van der Waals surface area contributed by atoms with Crippen LogP contribution in [0.2, 0.25) is 0 Å². The molecule has 0 atom stereocenters. The van der Waals surface area contributed by atoms with Gasteiger partial charge in [-0.3, -0.25) is 4.79 Å². The summed E-state index contributed by atoms with van der Waals surface area (Å²) in [6.45, 7) is 2.37. The van der Waals surface area contributed by atoms with Gasteiger partial charge < -0.3 is 15.1 Å². The summed E-state index contributed by atoms with van der Waals surface area (Å²) in [6, 6.07) is 5.37. The van der Waals surface area contributed by atoms with Crippen LogP contribution in [0.5, 0.6) is 0 Å². The van der Waals surface area contributed by atoms with Gasteiger partial charge in [0.05, 0.1) is 17.7 Å². The summed E-state index contributed by atoms with van der Waals surface area (Å²) in [7, 11) is 1.75. The highest BCUT2D eigenvalue weighted by Crippen LogP contribution is 2.24. The van der Waals surface area contributed by atoms with E-state index in [9.17, 15) is 4.79 Å². The number of carbonyl (C=O) groups is 1. The van der Waals surface area contributed by atoms with E-state index in [0.29, 0.717) is 17.1 Å². The lowest BCUT2D eigenvalue weighted by molar-refractivity contribution is 0.0780. The molecule has 17 heavy (non-hydrogen) atoms. The maximum Gasteiger partial charge on any atom is 0.264 e. The van der Waals surface area contributed by atoms with Gasteiger partial charge in [0.1, 0.15) is 5.76 Å². The summed E-state index contributed by atoms with van der Waals surface area (Å²) < 4.78 is 5.20. The van der Waals surface area contributed by atoms with E-state index in [-0.39, 0.29) is 5.91 Å². The van der Waals surface area contributed by atoms with Crippen LogP contribution in [-0.2, 0) is 6.54 Å². The Bertz CT molecular complexity index is 497. The van der Waals surface area contributed by atoms with Crippen LogP contribution in [0.3, 0.4) is 0 Å². The van der Waals surface area contributed by atoms with E-state index < -0.39 is 0 Å². The SMILES string of the molecule is Cc1sc(C(=O)N(C)Cc2ccco2)cc1N. The van der Waals surface area contributed by atoms with Gasteiger partial charge in [-0.2, -0.15) is 0 Å². The second-order valence-electron chi connectivity index (χ2n) is 3.86. The van der Waals surface area contributed by atoms with Crippen molar-refractivity contribution in [2.24, 2.45) is 0 Å². The van der Waals surface area contributed by atoms with E-state index in [1.165, 1.54) is 11.3 Å². The first-order valence-electron chi connectivity index (χ1n) is 5.21. The smallest absolute Gasteiger partial charge is 0.264 e. The van der Waals surface area contributed by atoms with Crippen LogP contribution in [0.25, 0.3) is 0 Å². The Morgan fingerprint density at radius 3 is 2.88 bits per heavy atom. The summed E-state index contributed by atoms with van der Waals surface area (Å²) in [5.41, 5.74) is 6.41. The van der Waals surface area contributed by atoms with Gasteiger partial charge in [-0.05, 0) is 25.1 Å². The fourth-order valence-corrected chi connectivity index (χ4v) is 2.43. The fraction of sp³-hybridized carbons (Fsp3) is 0.250. The normalized spacial score (nSPS) is 10.5. The predicted molar refractivity (Wildman–Crippen MR) is 68.0 cm³/mol. The average Bonchev–Trinajstić information content (AvgIpc) is 2.89. The summed E-state index contributed by atoms with van der Waals surface area (Å²) in [5, 5.41) is 0. The molecule has 0 aliphatic carbocycles. The number of nitrogen functional groups attached to an aromatic ring is 1. The molecule has 1 amide bonds. The third kappa shape index (κ3) is 2.50. The maximum atomic E-state index is 12.1. The number of aryl methyl sites for hydroxylation is 1. The second kappa shape index (κ2) is 4.63. The third-order valence-corrected chi connectivity index (χ3v) is 3.54. The van der Waals surface area contributed by atoms with Gasteiger partial charge in [0.2, 0.25) is 0 Å². The topological polar surface area (TPSA) is 59.5 Å². The zero-order valence-electron chi connectivity index (χ0n) is 9.77. The predicted octanol–water partition coefficient (Wildman–Crippen LogP) is 2.50. The van der Waals surface area contributed by atoms with E-state index in [0.717, 1.165) is 10.6 Å². The quantitative estimate of drug-likeness (QED) is 0.910. The van der Waals surface area contributed by atoms with Crippen molar-refractivity contribution < 1.29 is 9.21 Å². The van der Waals surface area contributed by atoms with Gasteiger partial charge in [-0.1, -0.05) is 0 Å².